The summed E-state index contributed by atoms with van der Waals surface area (Å²) in [5.41, 5.74) is 1.81. The Morgan fingerprint density at radius 2 is 2.10 bits per heavy atom. The van der Waals surface area contributed by atoms with Crippen LogP contribution >= 0.6 is 23.1 Å². The van der Waals surface area contributed by atoms with E-state index in [0.29, 0.717) is 21.8 Å². The number of rotatable bonds is 8. The fourth-order valence-corrected chi connectivity index (χ4v) is 4.17. The lowest BCUT2D eigenvalue weighted by Crippen LogP contribution is -2.24. The summed E-state index contributed by atoms with van der Waals surface area (Å²) in [6.45, 7) is 0.660. The fraction of sp³-hybridized carbons (Fsp3) is 0.211. The van der Waals surface area contributed by atoms with E-state index in [1.165, 1.54) is 23.1 Å². The Morgan fingerprint density at radius 1 is 1.21 bits per heavy atom. The highest BCUT2D eigenvalue weighted by Gasteiger charge is 2.14. The Morgan fingerprint density at radius 3 is 3.00 bits per heavy atom. The first-order valence-corrected chi connectivity index (χ1v) is 10.5. The second-order valence-electron chi connectivity index (χ2n) is 5.98. The van der Waals surface area contributed by atoms with Gasteiger partial charge in [-0.2, -0.15) is 0 Å². The van der Waals surface area contributed by atoms with Crippen LogP contribution in [0.15, 0.2) is 46.8 Å². The molecule has 2 heterocycles. The van der Waals surface area contributed by atoms with Crippen molar-refractivity contribution >= 4 is 39.8 Å². The highest BCUT2D eigenvalue weighted by Crippen LogP contribution is 2.32. The standard InChI is InChI=1S/C19H18N4O4S2/c1-25-14-4-2-3-13(8-14)21-18-22-23-19(29-18)28-10-17(24)20-9-12-5-6-15-16(7-12)27-11-26-15/h2-8H,9-11H2,1H3,(H,20,24)(H,21,22). The number of amides is 1. The van der Waals surface area contributed by atoms with Crippen molar-refractivity contribution in [3.8, 4) is 17.2 Å². The van der Waals surface area contributed by atoms with Gasteiger partial charge in [-0.05, 0) is 29.8 Å². The lowest BCUT2D eigenvalue weighted by atomic mass is 10.2. The molecule has 29 heavy (non-hydrogen) atoms. The lowest BCUT2D eigenvalue weighted by Gasteiger charge is -2.05. The molecule has 10 heteroatoms. The van der Waals surface area contributed by atoms with Crippen molar-refractivity contribution in [2.45, 2.75) is 10.9 Å². The summed E-state index contributed by atoms with van der Waals surface area (Å²) >= 11 is 2.74. The number of aromatic nitrogens is 2. The highest BCUT2D eigenvalue weighted by molar-refractivity contribution is 8.01. The Kier molecular flexibility index (Phi) is 6.01. The SMILES string of the molecule is COc1cccc(Nc2nnc(SCC(=O)NCc3ccc4c(c3)OCO4)s2)c1. The van der Waals surface area contributed by atoms with Crippen LogP contribution in [0, 0.1) is 0 Å². The van der Waals surface area contributed by atoms with Crippen LogP contribution in [0.3, 0.4) is 0 Å². The third-order valence-corrected chi connectivity index (χ3v) is 5.95. The first kappa shape index (κ1) is 19.3. The monoisotopic (exact) mass is 430 g/mol. The zero-order valence-electron chi connectivity index (χ0n) is 15.5. The second-order valence-corrected chi connectivity index (χ2v) is 8.18. The van der Waals surface area contributed by atoms with Gasteiger partial charge in [0.05, 0.1) is 12.9 Å². The van der Waals surface area contributed by atoms with Crippen molar-refractivity contribution in [2.24, 2.45) is 0 Å². The average molecular weight is 431 g/mol. The molecule has 0 unspecified atom stereocenters. The molecular weight excluding hydrogens is 412 g/mol. The molecule has 0 atom stereocenters. The molecule has 0 saturated heterocycles. The molecule has 150 valence electrons. The van der Waals surface area contributed by atoms with Gasteiger partial charge in [0.1, 0.15) is 5.75 Å². The molecule has 2 aromatic carbocycles. The number of methoxy groups -OCH3 is 1. The molecule has 8 nitrogen and oxygen atoms in total. The number of carbonyl (C=O) groups is 1. The largest absolute Gasteiger partial charge is 0.497 e. The topological polar surface area (TPSA) is 94.6 Å². The van der Waals surface area contributed by atoms with E-state index in [2.05, 4.69) is 20.8 Å². The Bertz CT molecular complexity index is 1010. The summed E-state index contributed by atoms with van der Waals surface area (Å²) in [5, 5.41) is 14.9. The molecule has 4 rings (SSSR count). The van der Waals surface area contributed by atoms with Gasteiger partial charge in [-0.25, -0.2) is 0 Å². The van der Waals surface area contributed by atoms with E-state index < -0.39 is 0 Å². The van der Waals surface area contributed by atoms with E-state index in [9.17, 15) is 4.79 Å². The normalized spacial score (nSPS) is 11.9. The van der Waals surface area contributed by atoms with Gasteiger partial charge in [0, 0.05) is 18.3 Å². The molecule has 0 saturated carbocycles. The van der Waals surface area contributed by atoms with Crippen molar-refractivity contribution in [1.29, 1.82) is 0 Å². The smallest absolute Gasteiger partial charge is 0.231 e. The van der Waals surface area contributed by atoms with E-state index in [4.69, 9.17) is 14.2 Å². The highest BCUT2D eigenvalue weighted by atomic mass is 32.2. The van der Waals surface area contributed by atoms with Crippen molar-refractivity contribution in [3.63, 3.8) is 0 Å². The fourth-order valence-electron chi connectivity index (χ4n) is 2.57. The number of thioether (sulfide) groups is 1. The third kappa shape index (κ3) is 5.09. The third-order valence-electron chi connectivity index (χ3n) is 3.98. The molecule has 1 amide bonds. The zero-order valence-corrected chi connectivity index (χ0v) is 17.1. The van der Waals surface area contributed by atoms with Gasteiger partial charge in [0.2, 0.25) is 17.8 Å². The van der Waals surface area contributed by atoms with Crippen LogP contribution in [-0.2, 0) is 11.3 Å². The number of hydrogen-bond acceptors (Lipinski definition) is 9. The predicted octanol–water partition coefficient (Wildman–Crippen LogP) is 3.43. The van der Waals surface area contributed by atoms with E-state index in [1.54, 1.807) is 7.11 Å². The van der Waals surface area contributed by atoms with E-state index in [0.717, 1.165) is 22.7 Å². The van der Waals surface area contributed by atoms with Crippen molar-refractivity contribution in [1.82, 2.24) is 15.5 Å². The van der Waals surface area contributed by atoms with Crippen LogP contribution in [-0.4, -0.2) is 35.8 Å². The molecule has 1 aliphatic heterocycles. The molecule has 3 aromatic rings. The Hall–Kier alpha value is -2.98. The van der Waals surface area contributed by atoms with Crippen LogP contribution in [0.4, 0.5) is 10.8 Å². The number of benzene rings is 2. The molecule has 0 radical (unpaired) electrons. The number of fused-ring (bicyclic) bond motifs is 1. The molecule has 0 bridgehead atoms. The van der Waals surface area contributed by atoms with Gasteiger partial charge in [-0.1, -0.05) is 35.2 Å². The molecule has 0 fully saturated rings. The molecule has 1 aromatic heterocycles. The number of carbonyl (C=O) groups excluding carboxylic acids is 1. The molecule has 0 aliphatic carbocycles. The maximum absolute atomic E-state index is 12.1. The van der Waals surface area contributed by atoms with Gasteiger partial charge in [0.25, 0.3) is 0 Å². The zero-order chi connectivity index (χ0) is 20.1. The van der Waals surface area contributed by atoms with Gasteiger partial charge < -0.3 is 24.8 Å². The minimum Gasteiger partial charge on any atom is -0.497 e. The number of anilines is 2. The van der Waals surface area contributed by atoms with E-state index >= 15 is 0 Å². The van der Waals surface area contributed by atoms with Crippen molar-refractivity contribution in [2.75, 3.05) is 25.0 Å². The van der Waals surface area contributed by atoms with Crippen LogP contribution in [0.5, 0.6) is 17.2 Å². The first-order valence-electron chi connectivity index (χ1n) is 8.72. The number of nitrogens with zero attached hydrogens (tertiary/aromatic N) is 2. The molecule has 1 aliphatic rings. The minimum atomic E-state index is -0.0785. The molecule has 0 spiro atoms. The Labute approximate surface area is 175 Å². The van der Waals surface area contributed by atoms with Gasteiger partial charge in [-0.15, -0.1) is 10.2 Å². The summed E-state index contributed by atoms with van der Waals surface area (Å²) in [6.07, 6.45) is 0. The first-order chi connectivity index (χ1) is 14.2. The van der Waals surface area contributed by atoms with Gasteiger partial charge >= 0.3 is 0 Å². The lowest BCUT2D eigenvalue weighted by molar-refractivity contribution is -0.118. The summed E-state index contributed by atoms with van der Waals surface area (Å²) in [6, 6.07) is 13.2. The summed E-state index contributed by atoms with van der Waals surface area (Å²) in [4.78, 5) is 12.1. The number of hydrogen-bond donors (Lipinski definition) is 2. The van der Waals surface area contributed by atoms with E-state index in [-0.39, 0.29) is 18.5 Å². The van der Waals surface area contributed by atoms with Crippen LogP contribution < -0.4 is 24.8 Å². The quantitative estimate of drug-likeness (QED) is 0.525. The summed E-state index contributed by atoms with van der Waals surface area (Å²) in [7, 11) is 1.62. The van der Waals surface area contributed by atoms with Gasteiger partial charge in [-0.3, -0.25) is 4.79 Å². The maximum atomic E-state index is 12.1. The number of ether oxygens (including phenoxy) is 3. The molecular formula is C19H18N4O4S2. The summed E-state index contributed by atoms with van der Waals surface area (Å²) in [5.74, 6) is 2.37. The van der Waals surface area contributed by atoms with Crippen LogP contribution in [0.1, 0.15) is 5.56 Å². The van der Waals surface area contributed by atoms with Crippen molar-refractivity contribution in [3.05, 3.63) is 48.0 Å². The second kappa shape index (κ2) is 9.01. The van der Waals surface area contributed by atoms with Crippen LogP contribution in [0.2, 0.25) is 0 Å². The minimum absolute atomic E-state index is 0.0785. The van der Waals surface area contributed by atoms with Gasteiger partial charge in [0.15, 0.2) is 15.8 Å². The number of nitrogens with one attached hydrogen (secondary N) is 2. The summed E-state index contributed by atoms with van der Waals surface area (Å²) < 4.78 is 16.5. The van der Waals surface area contributed by atoms with Crippen LogP contribution in [0.25, 0.3) is 0 Å². The molecule has 2 N–H and O–H groups in total. The average Bonchev–Trinajstić information content (AvgIpc) is 3.39. The van der Waals surface area contributed by atoms with Crippen molar-refractivity contribution < 1.29 is 19.0 Å². The maximum Gasteiger partial charge on any atom is 0.231 e. The predicted molar refractivity (Wildman–Crippen MR) is 111 cm³/mol. The Balaban J connectivity index is 1.24. The van der Waals surface area contributed by atoms with E-state index in [1.807, 2.05) is 42.5 Å².